The average Bonchev–Trinajstić information content (AvgIpc) is 2.53. The highest BCUT2D eigenvalue weighted by Crippen LogP contribution is 2.14. The largest absolute Gasteiger partial charge is 0.497 e. The van der Waals surface area contributed by atoms with E-state index in [0.29, 0.717) is 5.69 Å². The molecule has 0 aliphatic carbocycles. The Morgan fingerprint density at radius 3 is 2.81 bits per heavy atom. The van der Waals surface area contributed by atoms with Crippen LogP contribution < -0.4 is 10.3 Å². The summed E-state index contributed by atoms with van der Waals surface area (Å²) in [6, 6.07) is 15.1. The Morgan fingerprint density at radius 2 is 1.95 bits per heavy atom. The summed E-state index contributed by atoms with van der Waals surface area (Å²) in [6.07, 6.45) is 3.55. The second-order valence-corrected chi connectivity index (χ2v) is 4.58. The van der Waals surface area contributed by atoms with Gasteiger partial charge < -0.3 is 9.72 Å². The van der Waals surface area contributed by atoms with Crippen LogP contribution in [0.25, 0.3) is 23.2 Å². The van der Waals surface area contributed by atoms with Crippen molar-refractivity contribution in [3.8, 4) is 5.75 Å². The van der Waals surface area contributed by atoms with Crippen LogP contribution in [-0.2, 0) is 0 Å². The van der Waals surface area contributed by atoms with Crippen LogP contribution in [-0.4, -0.2) is 17.1 Å². The van der Waals surface area contributed by atoms with Crippen molar-refractivity contribution in [2.24, 2.45) is 0 Å². The van der Waals surface area contributed by atoms with Gasteiger partial charge in [0.05, 0.1) is 18.1 Å². The van der Waals surface area contributed by atoms with Crippen molar-refractivity contribution in [1.29, 1.82) is 0 Å². The third-order valence-corrected chi connectivity index (χ3v) is 3.15. The molecule has 21 heavy (non-hydrogen) atoms. The monoisotopic (exact) mass is 278 g/mol. The molecular formula is C17H14N2O2. The zero-order valence-electron chi connectivity index (χ0n) is 11.5. The molecule has 1 heterocycles. The summed E-state index contributed by atoms with van der Waals surface area (Å²) in [5, 5.41) is 0. The molecule has 0 spiro atoms. The van der Waals surface area contributed by atoms with E-state index in [4.69, 9.17) is 4.74 Å². The van der Waals surface area contributed by atoms with E-state index in [1.54, 1.807) is 13.2 Å². The third-order valence-electron chi connectivity index (χ3n) is 3.15. The molecular weight excluding hydrogens is 264 g/mol. The first-order valence-electron chi connectivity index (χ1n) is 6.57. The maximum Gasteiger partial charge on any atom is 0.274 e. The molecule has 0 aliphatic heterocycles. The predicted octanol–water partition coefficient (Wildman–Crippen LogP) is 3.10. The van der Waals surface area contributed by atoms with Gasteiger partial charge in [-0.1, -0.05) is 30.3 Å². The van der Waals surface area contributed by atoms with Crippen LogP contribution in [0, 0.1) is 0 Å². The van der Waals surface area contributed by atoms with Gasteiger partial charge in [0.15, 0.2) is 0 Å². The molecule has 0 fully saturated rings. The molecule has 0 radical (unpaired) electrons. The molecule has 0 saturated heterocycles. The van der Waals surface area contributed by atoms with Crippen LogP contribution in [0.4, 0.5) is 0 Å². The summed E-state index contributed by atoms with van der Waals surface area (Å²) >= 11 is 0. The smallest absolute Gasteiger partial charge is 0.274 e. The zero-order valence-corrected chi connectivity index (χ0v) is 11.5. The van der Waals surface area contributed by atoms with Crippen molar-refractivity contribution in [2.75, 3.05) is 7.11 Å². The summed E-state index contributed by atoms with van der Waals surface area (Å²) in [6.45, 7) is 0. The topological polar surface area (TPSA) is 55.0 Å². The average molecular weight is 278 g/mol. The lowest BCUT2D eigenvalue weighted by Gasteiger charge is -2.00. The summed E-state index contributed by atoms with van der Waals surface area (Å²) in [5.41, 5.74) is 2.64. The standard InChI is InChI=1S/C17H14N2O2/c1-21-13-6-4-5-12(11-13)9-10-16-17(20)19-15-8-3-2-7-14(15)18-16/h2-11H,1H3,(H,19,20)/b10-9-. The first-order valence-corrected chi connectivity index (χ1v) is 6.57. The highest BCUT2D eigenvalue weighted by Gasteiger charge is 2.01. The van der Waals surface area contributed by atoms with Gasteiger partial charge >= 0.3 is 0 Å². The summed E-state index contributed by atoms with van der Waals surface area (Å²) in [7, 11) is 1.62. The molecule has 0 unspecified atom stereocenters. The SMILES string of the molecule is COc1cccc(/C=C\c2nc3ccccc3[nH]c2=O)c1. The molecule has 1 aromatic heterocycles. The fourth-order valence-electron chi connectivity index (χ4n) is 2.08. The fourth-order valence-corrected chi connectivity index (χ4v) is 2.08. The number of H-pyrrole nitrogens is 1. The molecule has 0 atom stereocenters. The summed E-state index contributed by atoms with van der Waals surface area (Å²) < 4.78 is 5.17. The summed E-state index contributed by atoms with van der Waals surface area (Å²) in [5.74, 6) is 0.775. The van der Waals surface area contributed by atoms with E-state index in [2.05, 4.69) is 9.97 Å². The Morgan fingerprint density at radius 1 is 1.10 bits per heavy atom. The summed E-state index contributed by atoms with van der Waals surface area (Å²) in [4.78, 5) is 19.2. The Balaban J connectivity index is 1.98. The van der Waals surface area contributed by atoms with Crippen molar-refractivity contribution in [3.05, 3.63) is 70.1 Å². The van der Waals surface area contributed by atoms with Crippen LogP contribution in [0.1, 0.15) is 11.3 Å². The minimum atomic E-state index is -0.201. The maximum atomic E-state index is 12.0. The van der Waals surface area contributed by atoms with Crippen LogP contribution in [0.5, 0.6) is 5.75 Å². The number of methoxy groups -OCH3 is 1. The zero-order chi connectivity index (χ0) is 14.7. The van der Waals surface area contributed by atoms with Crippen LogP contribution >= 0.6 is 0 Å². The Kier molecular flexibility index (Phi) is 3.51. The number of hydrogen-bond donors (Lipinski definition) is 1. The van der Waals surface area contributed by atoms with E-state index < -0.39 is 0 Å². The van der Waals surface area contributed by atoms with Crippen LogP contribution in [0.2, 0.25) is 0 Å². The number of para-hydroxylation sites is 2. The Hall–Kier alpha value is -2.88. The van der Waals surface area contributed by atoms with Crippen molar-refractivity contribution in [1.82, 2.24) is 9.97 Å². The Bertz CT molecular complexity index is 866. The van der Waals surface area contributed by atoms with E-state index in [1.165, 1.54) is 0 Å². The van der Waals surface area contributed by atoms with Gasteiger partial charge in [-0.05, 0) is 35.9 Å². The van der Waals surface area contributed by atoms with Crippen molar-refractivity contribution in [2.45, 2.75) is 0 Å². The van der Waals surface area contributed by atoms with Gasteiger partial charge in [0, 0.05) is 0 Å². The lowest BCUT2D eigenvalue weighted by molar-refractivity contribution is 0.414. The number of rotatable bonds is 3. The molecule has 0 amide bonds. The quantitative estimate of drug-likeness (QED) is 0.801. The van der Waals surface area contributed by atoms with E-state index >= 15 is 0 Å². The van der Waals surface area contributed by atoms with Gasteiger partial charge in [0.2, 0.25) is 0 Å². The molecule has 3 aromatic rings. The molecule has 4 nitrogen and oxygen atoms in total. The predicted molar refractivity (Wildman–Crippen MR) is 84.3 cm³/mol. The van der Waals surface area contributed by atoms with Gasteiger partial charge in [-0.25, -0.2) is 4.98 Å². The van der Waals surface area contributed by atoms with Crippen molar-refractivity contribution < 1.29 is 4.74 Å². The number of aromatic nitrogens is 2. The van der Waals surface area contributed by atoms with E-state index in [1.807, 2.05) is 54.6 Å². The van der Waals surface area contributed by atoms with Gasteiger partial charge in [-0.15, -0.1) is 0 Å². The van der Waals surface area contributed by atoms with E-state index in [-0.39, 0.29) is 5.56 Å². The van der Waals surface area contributed by atoms with E-state index in [9.17, 15) is 4.79 Å². The number of fused-ring (bicyclic) bond motifs is 1. The second-order valence-electron chi connectivity index (χ2n) is 4.58. The number of hydrogen-bond acceptors (Lipinski definition) is 3. The van der Waals surface area contributed by atoms with E-state index in [0.717, 1.165) is 22.3 Å². The molecule has 104 valence electrons. The van der Waals surface area contributed by atoms with Gasteiger partial charge in [-0.3, -0.25) is 4.79 Å². The lowest BCUT2D eigenvalue weighted by Crippen LogP contribution is -2.11. The highest BCUT2D eigenvalue weighted by atomic mass is 16.5. The molecule has 0 bridgehead atoms. The molecule has 0 saturated carbocycles. The number of nitrogens with one attached hydrogen (secondary N) is 1. The minimum Gasteiger partial charge on any atom is -0.497 e. The lowest BCUT2D eigenvalue weighted by atomic mass is 10.2. The minimum absolute atomic E-state index is 0.201. The molecule has 1 N–H and O–H groups in total. The number of ether oxygens (including phenoxy) is 1. The third kappa shape index (κ3) is 2.84. The first-order chi connectivity index (χ1) is 10.3. The van der Waals surface area contributed by atoms with Crippen molar-refractivity contribution in [3.63, 3.8) is 0 Å². The maximum absolute atomic E-state index is 12.0. The first kappa shape index (κ1) is 13.1. The van der Waals surface area contributed by atoms with Gasteiger partial charge in [0.1, 0.15) is 11.4 Å². The second kappa shape index (κ2) is 5.63. The van der Waals surface area contributed by atoms with Crippen molar-refractivity contribution >= 4 is 23.2 Å². The molecule has 2 aromatic carbocycles. The molecule has 0 aliphatic rings. The number of benzene rings is 2. The Labute approximate surface area is 121 Å². The number of nitrogens with zero attached hydrogens (tertiary/aromatic N) is 1. The van der Waals surface area contributed by atoms with Gasteiger partial charge in [-0.2, -0.15) is 0 Å². The highest BCUT2D eigenvalue weighted by molar-refractivity contribution is 5.76. The number of aromatic amines is 1. The molecule has 4 heteroatoms. The fraction of sp³-hybridized carbons (Fsp3) is 0.0588. The van der Waals surface area contributed by atoms with Crippen LogP contribution in [0.3, 0.4) is 0 Å². The van der Waals surface area contributed by atoms with Gasteiger partial charge in [0.25, 0.3) is 5.56 Å². The molecule has 3 rings (SSSR count). The van der Waals surface area contributed by atoms with Crippen LogP contribution in [0.15, 0.2) is 53.3 Å². The normalized spacial score (nSPS) is 11.1.